The minimum Gasteiger partial charge on any atom is -0.462 e. The molecular formula is C121H225O25+. The second-order valence-electron chi connectivity index (χ2n) is 45.7. The maximum Gasteiger partial charge on any atom is 1.00 e. The minimum atomic E-state index is -0.895. The highest BCUT2D eigenvalue weighted by Crippen LogP contribution is 2.44. The number of carbonyl (C=O) groups excluding carboxylic acids is 6. The number of aliphatic hydroxyl groups excluding tert-OH is 7. The first-order valence-corrected chi connectivity index (χ1v) is 61.2. The Hall–Kier alpha value is -3.70. The van der Waals surface area contributed by atoms with Crippen LogP contribution in [0.15, 0.2) is 0 Å². The molecule has 25 nitrogen and oxygen atoms in total. The molecule has 6 fully saturated rings. The van der Waals surface area contributed by atoms with E-state index in [2.05, 4.69) is 62.3 Å². The SMILES string of the molecule is CCCCCCCCC(O)C(C)CCCCCCCC(=O)OCC(COC(=O)CCCCCCCC(C)C(O)CC(C)C(O)CC(C)C(O)CC)OC(=O)CCCCCCCC(O)C(C)CC(C)C(O)CCCCC.CCCCCCCCC1OC1CCCCCCCC(=O)OCC(COC(=O)CCCCCCCC1OC1CC1OC1CC1OC1CC)OC(=O)CCCCCCCC1OC1CC1OC1CCCCC.CO.[H+]. The monoisotopic (exact) mass is 2080 g/mol. The highest BCUT2D eigenvalue weighted by molar-refractivity contribution is 5.72. The summed E-state index contributed by atoms with van der Waals surface area (Å²) in [4.78, 5) is 76.9. The number of ether oxygens (including phenoxy) is 12. The van der Waals surface area contributed by atoms with E-state index in [1.165, 1.54) is 109 Å². The van der Waals surface area contributed by atoms with Crippen molar-refractivity contribution in [1.29, 1.82) is 0 Å². The van der Waals surface area contributed by atoms with Gasteiger partial charge in [0, 0.05) is 64.9 Å². The number of epoxide rings is 6. The quantitative estimate of drug-likeness (QED) is 0.0129. The molecule has 0 saturated carbocycles. The predicted octanol–water partition coefficient (Wildman–Crippen LogP) is 26.5. The number of esters is 6. The number of aliphatic hydroxyl groups is 7. The van der Waals surface area contributed by atoms with Crippen LogP contribution in [0.3, 0.4) is 0 Å². The molecule has 26 unspecified atom stereocenters. The van der Waals surface area contributed by atoms with Gasteiger partial charge in [0.15, 0.2) is 12.2 Å². The highest BCUT2D eigenvalue weighted by Gasteiger charge is 2.52. The molecule has 0 radical (unpaired) electrons. The second-order valence-corrected chi connectivity index (χ2v) is 45.7. The fourth-order valence-corrected chi connectivity index (χ4v) is 21.1. The van der Waals surface area contributed by atoms with Crippen molar-refractivity contribution in [2.75, 3.05) is 33.5 Å². The summed E-state index contributed by atoms with van der Waals surface area (Å²) in [7, 11) is 1.00. The Labute approximate surface area is 890 Å². The molecule has 25 heteroatoms. The smallest absolute Gasteiger partial charge is 0.462 e. The van der Waals surface area contributed by atoms with Gasteiger partial charge in [0.2, 0.25) is 0 Å². The summed E-state index contributed by atoms with van der Waals surface area (Å²) in [5, 5.41) is 70.4. The van der Waals surface area contributed by atoms with Crippen LogP contribution in [-0.2, 0) is 85.6 Å². The molecule has 6 aliphatic rings. The van der Waals surface area contributed by atoms with E-state index < -0.39 is 42.6 Å². The third kappa shape index (κ3) is 69.2. The maximum absolute atomic E-state index is 13.0. The lowest BCUT2D eigenvalue weighted by Crippen LogP contribution is -2.30. The molecule has 0 aromatic rings. The van der Waals surface area contributed by atoms with E-state index >= 15 is 0 Å². The van der Waals surface area contributed by atoms with Crippen LogP contribution in [-0.4, -0.2) is 227 Å². The van der Waals surface area contributed by atoms with E-state index in [9.17, 15) is 59.4 Å². The summed E-state index contributed by atoms with van der Waals surface area (Å²) in [6.45, 7) is 24.7. The van der Waals surface area contributed by atoms with E-state index in [0.717, 1.165) is 283 Å². The zero-order valence-corrected chi connectivity index (χ0v) is 95.2. The Bertz CT molecular complexity index is 3170. The van der Waals surface area contributed by atoms with E-state index in [0.29, 0.717) is 131 Å². The van der Waals surface area contributed by atoms with Crippen molar-refractivity contribution in [2.24, 2.45) is 35.5 Å². The molecule has 0 aromatic carbocycles. The van der Waals surface area contributed by atoms with Crippen molar-refractivity contribution in [2.45, 2.75) is 667 Å². The third-order valence-corrected chi connectivity index (χ3v) is 32.0. The van der Waals surface area contributed by atoms with Crippen LogP contribution in [0.2, 0.25) is 0 Å². The lowest BCUT2D eigenvalue weighted by molar-refractivity contribution is -0.167. The van der Waals surface area contributed by atoms with Gasteiger partial charge >= 0.3 is 37.2 Å². The van der Waals surface area contributed by atoms with Gasteiger partial charge in [-0.1, -0.05) is 353 Å². The molecule has 7 N–H and O–H groups in total. The molecule has 0 aliphatic carbocycles. The van der Waals surface area contributed by atoms with Gasteiger partial charge in [-0.25, -0.2) is 0 Å². The Kier molecular flexibility index (Phi) is 78.9. The van der Waals surface area contributed by atoms with Gasteiger partial charge in [-0.3, -0.25) is 28.8 Å². The zero-order chi connectivity index (χ0) is 107. The summed E-state index contributed by atoms with van der Waals surface area (Å²) >= 11 is 0. The van der Waals surface area contributed by atoms with Crippen LogP contribution < -0.4 is 0 Å². The molecule has 0 aromatic heterocycles. The van der Waals surface area contributed by atoms with Gasteiger partial charge in [-0.15, -0.1) is 0 Å². The number of hydrogen-bond acceptors (Lipinski definition) is 25. The minimum absolute atomic E-state index is 0. The molecule has 6 rings (SSSR count). The normalized spacial score (nSPS) is 22.8. The maximum atomic E-state index is 13.0. The van der Waals surface area contributed by atoms with Crippen molar-refractivity contribution in [1.82, 2.24) is 0 Å². The molecule has 6 saturated heterocycles. The topological polar surface area (TPSA) is 375 Å². The van der Waals surface area contributed by atoms with Crippen molar-refractivity contribution in [3.63, 3.8) is 0 Å². The van der Waals surface area contributed by atoms with E-state index in [1.807, 2.05) is 20.8 Å². The van der Waals surface area contributed by atoms with Crippen LogP contribution in [0.25, 0.3) is 0 Å². The first kappa shape index (κ1) is 135. The van der Waals surface area contributed by atoms with Gasteiger partial charge < -0.3 is 92.6 Å². The number of rotatable bonds is 100. The van der Waals surface area contributed by atoms with Crippen molar-refractivity contribution >= 4 is 35.8 Å². The Morgan fingerprint density at radius 3 is 0.753 bits per heavy atom. The van der Waals surface area contributed by atoms with Crippen molar-refractivity contribution < 1.29 is 123 Å². The number of unbranched alkanes of at least 4 members (excludes halogenated alkanes) is 38. The molecule has 6 heterocycles. The molecule has 26 atom stereocenters. The largest absolute Gasteiger partial charge is 1.00 e. The molecule has 146 heavy (non-hydrogen) atoms. The van der Waals surface area contributed by atoms with Crippen molar-refractivity contribution in [3.8, 4) is 0 Å². The number of hydrogen-bond donors (Lipinski definition) is 7. The van der Waals surface area contributed by atoms with Crippen LogP contribution in [0.4, 0.5) is 0 Å². The lowest BCUT2D eigenvalue weighted by atomic mass is 9.85. The highest BCUT2D eigenvalue weighted by atomic mass is 16.6. The fourth-order valence-electron chi connectivity index (χ4n) is 21.1. The summed E-state index contributed by atoms with van der Waals surface area (Å²) < 4.78 is 68.9. The lowest BCUT2D eigenvalue weighted by Gasteiger charge is -2.28. The molecule has 0 amide bonds. The van der Waals surface area contributed by atoms with Gasteiger partial charge in [-0.2, -0.15) is 0 Å². The fraction of sp³-hybridized carbons (Fsp3) is 0.950. The summed E-state index contributed by atoms with van der Waals surface area (Å²) in [6, 6.07) is 0. The van der Waals surface area contributed by atoms with Gasteiger partial charge in [0.1, 0.15) is 26.4 Å². The van der Waals surface area contributed by atoms with E-state index in [1.54, 1.807) is 0 Å². The zero-order valence-electron chi connectivity index (χ0n) is 96.2. The summed E-state index contributed by atoms with van der Waals surface area (Å²) in [5.74, 6) is -1.48. The molecular weight excluding hydrogens is 1850 g/mol. The van der Waals surface area contributed by atoms with Crippen molar-refractivity contribution in [3.05, 3.63) is 0 Å². The molecule has 6 aliphatic heterocycles. The van der Waals surface area contributed by atoms with E-state index in [-0.39, 0.29) is 125 Å². The van der Waals surface area contributed by atoms with Crippen LogP contribution in [0, 0.1) is 35.5 Å². The standard InChI is InChI=1S/C63H122O12.C57H98O12.CH4O/c1-10-13-15-16-22-30-38-56(65)48(4)35-28-20-17-24-32-40-61(70)73-46-54(75-63(72)42-34-26-19-23-31-39-58(67)51(7)43-50(6)57(66)37-27-14-11-2)47-74-62(71)41-33-25-18-21-29-36-49(5)59(68)45-53(9)60(69)44-52(8)55(64)12-3;1-4-7-9-10-14-22-30-44-45(65-44)31-23-15-11-18-26-34-55(58)61-40-42(63-57(60)36-28-20-13-17-25-32-47-51(67-47)38-50-46(66-50)29-21-8-5-2)41-62-56(59)35-27-19-12-16-24-33-48-52(68-48)39-54-53(69-54)37-49-43(6-3)64-49;1-2/h48-60,64-69H,10-47H2,1-9H3;42-54H,4-41H2,1-3H3;2H,1H3/p+1. The van der Waals surface area contributed by atoms with Gasteiger partial charge in [0.05, 0.1) is 110 Å². The molecule has 0 bridgehead atoms. The van der Waals surface area contributed by atoms with Crippen LogP contribution in [0.5, 0.6) is 0 Å². The Morgan fingerprint density at radius 2 is 0.432 bits per heavy atom. The summed E-state index contributed by atoms with van der Waals surface area (Å²) in [5.41, 5.74) is 0. The Morgan fingerprint density at radius 1 is 0.226 bits per heavy atom. The third-order valence-electron chi connectivity index (χ3n) is 32.0. The average Bonchev–Trinajstić information content (AvgIpc) is 1.63. The average molecular weight is 2080 g/mol. The second kappa shape index (κ2) is 85.6. The first-order chi connectivity index (χ1) is 70.7. The summed E-state index contributed by atoms with van der Waals surface area (Å²) in [6.07, 6.45) is 70.2. The molecule has 858 valence electrons. The van der Waals surface area contributed by atoms with E-state index in [4.69, 9.17) is 61.9 Å². The van der Waals surface area contributed by atoms with Crippen LogP contribution in [0.1, 0.15) is 547 Å². The van der Waals surface area contributed by atoms with Gasteiger partial charge in [0.25, 0.3) is 0 Å². The van der Waals surface area contributed by atoms with Crippen LogP contribution >= 0.6 is 0 Å². The Balaban J connectivity index is 0.000000739. The number of carbonyl (C=O) groups is 6. The molecule has 0 spiro atoms. The van der Waals surface area contributed by atoms with Gasteiger partial charge in [-0.05, 0) is 170 Å². The first-order valence-electron chi connectivity index (χ1n) is 61.2. The predicted molar refractivity (Wildman–Crippen MR) is 582 cm³/mol.